The van der Waals surface area contributed by atoms with Crippen LogP contribution < -0.4 is 5.32 Å². The number of aromatic carboxylic acids is 1. The Morgan fingerprint density at radius 3 is 2.17 bits per heavy atom. The number of nitrogens with one attached hydrogen (secondary N) is 1. The zero-order chi connectivity index (χ0) is 17.0. The first-order valence-electron chi connectivity index (χ1n) is 6.55. The highest BCUT2D eigenvalue weighted by atomic mass is 19.4. The second kappa shape index (κ2) is 6.51. The van der Waals surface area contributed by atoms with Crippen molar-refractivity contribution in [1.82, 2.24) is 5.32 Å². The minimum atomic E-state index is -4.61. The first-order valence-corrected chi connectivity index (χ1v) is 6.55. The predicted octanol–water partition coefficient (Wildman–Crippen LogP) is 3.33. The molecule has 23 heavy (non-hydrogen) atoms. The van der Waals surface area contributed by atoms with E-state index in [2.05, 4.69) is 5.32 Å². The molecule has 2 N–H and O–H groups in total. The maximum absolute atomic E-state index is 12.9. The van der Waals surface area contributed by atoms with Gasteiger partial charge in [-0.05, 0) is 29.8 Å². The average molecular weight is 323 g/mol. The maximum Gasteiger partial charge on any atom is 0.417 e. The van der Waals surface area contributed by atoms with Gasteiger partial charge in [0.2, 0.25) is 0 Å². The minimum absolute atomic E-state index is 0.00900. The molecular weight excluding hydrogens is 311 g/mol. The van der Waals surface area contributed by atoms with Crippen LogP contribution in [0.3, 0.4) is 0 Å². The van der Waals surface area contributed by atoms with Gasteiger partial charge in [-0.1, -0.05) is 24.3 Å². The number of hydrogen-bond donors (Lipinski definition) is 2. The van der Waals surface area contributed by atoms with Crippen molar-refractivity contribution in [2.45, 2.75) is 12.7 Å². The molecule has 0 aromatic heterocycles. The average Bonchev–Trinajstić information content (AvgIpc) is 2.52. The Labute approximate surface area is 129 Å². The number of carboxylic acid groups (broad SMARTS) is 1. The fourth-order valence-corrected chi connectivity index (χ4v) is 1.97. The molecule has 0 atom stereocenters. The third-order valence-electron chi connectivity index (χ3n) is 3.13. The van der Waals surface area contributed by atoms with Gasteiger partial charge in [-0.2, -0.15) is 13.2 Å². The third-order valence-corrected chi connectivity index (χ3v) is 3.13. The van der Waals surface area contributed by atoms with Crippen LogP contribution >= 0.6 is 0 Å². The van der Waals surface area contributed by atoms with Crippen LogP contribution in [0.1, 0.15) is 31.8 Å². The Hall–Kier alpha value is -2.83. The van der Waals surface area contributed by atoms with Gasteiger partial charge in [0, 0.05) is 6.54 Å². The van der Waals surface area contributed by atoms with Gasteiger partial charge in [0.15, 0.2) is 0 Å². The van der Waals surface area contributed by atoms with E-state index in [-0.39, 0.29) is 12.1 Å². The predicted molar refractivity (Wildman–Crippen MR) is 76.0 cm³/mol. The standard InChI is InChI=1S/C16H12F3NO3/c17-16(18,19)13-4-2-1-3-12(13)14(21)20-9-10-5-7-11(8-6-10)15(22)23/h1-8H,9H2,(H,20,21)(H,22,23). The number of rotatable bonds is 4. The third kappa shape index (κ3) is 4.09. The molecule has 0 unspecified atom stereocenters. The molecule has 0 saturated carbocycles. The largest absolute Gasteiger partial charge is 0.478 e. The first-order chi connectivity index (χ1) is 10.8. The Morgan fingerprint density at radius 2 is 1.61 bits per heavy atom. The molecule has 2 rings (SSSR count). The molecule has 0 saturated heterocycles. The fraction of sp³-hybridized carbons (Fsp3) is 0.125. The zero-order valence-corrected chi connectivity index (χ0v) is 11.7. The molecule has 7 heteroatoms. The smallest absolute Gasteiger partial charge is 0.417 e. The van der Waals surface area contributed by atoms with Gasteiger partial charge < -0.3 is 10.4 Å². The Bertz CT molecular complexity index is 724. The number of benzene rings is 2. The summed E-state index contributed by atoms with van der Waals surface area (Å²) in [6.07, 6.45) is -4.61. The van der Waals surface area contributed by atoms with E-state index in [1.807, 2.05) is 0 Å². The molecule has 0 aliphatic carbocycles. The molecular formula is C16H12F3NO3. The molecule has 0 heterocycles. The normalized spacial score (nSPS) is 11.1. The van der Waals surface area contributed by atoms with Gasteiger partial charge in [-0.3, -0.25) is 4.79 Å². The topological polar surface area (TPSA) is 66.4 Å². The zero-order valence-electron chi connectivity index (χ0n) is 11.7. The monoisotopic (exact) mass is 323 g/mol. The number of halogens is 3. The summed E-state index contributed by atoms with van der Waals surface area (Å²) in [5, 5.41) is 11.2. The van der Waals surface area contributed by atoms with Crippen LogP contribution in [0.2, 0.25) is 0 Å². The molecule has 2 aromatic carbocycles. The number of amides is 1. The molecule has 0 spiro atoms. The Kier molecular flexibility index (Phi) is 4.68. The molecule has 0 aliphatic heterocycles. The summed E-state index contributed by atoms with van der Waals surface area (Å²) in [5.74, 6) is -1.93. The second-order valence-electron chi connectivity index (χ2n) is 4.73. The molecule has 120 valence electrons. The molecule has 0 fully saturated rings. The van der Waals surface area contributed by atoms with Gasteiger partial charge in [-0.25, -0.2) is 4.79 Å². The molecule has 0 bridgehead atoms. The Morgan fingerprint density at radius 1 is 1.00 bits per heavy atom. The van der Waals surface area contributed by atoms with Crippen LogP contribution in [-0.4, -0.2) is 17.0 Å². The van der Waals surface area contributed by atoms with Crippen LogP contribution in [0.25, 0.3) is 0 Å². The lowest BCUT2D eigenvalue weighted by atomic mass is 10.1. The summed E-state index contributed by atoms with van der Waals surface area (Å²) in [6.45, 7) is -0.00900. The van der Waals surface area contributed by atoms with E-state index in [0.29, 0.717) is 5.56 Å². The van der Waals surface area contributed by atoms with Crippen molar-refractivity contribution in [3.63, 3.8) is 0 Å². The van der Waals surface area contributed by atoms with E-state index in [1.165, 1.54) is 36.4 Å². The number of carboxylic acids is 1. The van der Waals surface area contributed by atoms with Crippen LogP contribution in [0.5, 0.6) is 0 Å². The Balaban J connectivity index is 2.10. The molecule has 0 aliphatic rings. The van der Waals surface area contributed by atoms with Crippen molar-refractivity contribution in [1.29, 1.82) is 0 Å². The fourth-order valence-electron chi connectivity index (χ4n) is 1.97. The lowest BCUT2D eigenvalue weighted by Gasteiger charge is -2.12. The maximum atomic E-state index is 12.9. The summed E-state index contributed by atoms with van der Waals surface area (Å²) >= 11 is 0. The van der Waals surface area contributed by atoms with Gasteiger partial charge >= 0.3 is 12.1 Å². The first kappa shape index (κ1) is 16.5. The van der Waals surface area contributed by atoms with E-state index < -0.39 is 29.2 Å². The van der Waals surface area contributed by atoms with Crippen molar-refractivity contribution in [2.75, 3.05) is 0 Å². The van der Waals surface area contributed by atoms with E-state index in [4.69, 9.17) is 5.11 Å². The van der Waals surface area contributed by atoms with Crippen LogP contribution in [0, 0.1) is 0 Å². The highest BCUT2D eigenvalue weighted by molar-refractivity contribution is 5.95. The number of carbonyl (C=O) groups is 2. The highest BCUT2D eigenvalue weighted by Crippen LogP contribution is 2.31. The summed E-state index contributed by atoms with van der Waals surface area (Å²) < 4.78 is 38.6. The number of hydrogen-bond acceptors (Lipinski definition) is 2. The van der Waals surface area contributed by atoms with Crippen molar-refractivity contribution in [3.8, 4) is 0 Å². The molecule has 1 amide bonds. The highest BCUT2D eigenvalue weighted by Gasteiger charge is 2.34. The molecule has 4 nitrogen and oxygen atoms in total. The minimum Gasteiger partial charge on any atom is -0.478 e. The van der Waals surface area contributed by atoms with E-state index >= 15 is 0 Å². The van der Waals surface area contributed by atoms with Crippen molar-refractivity contribution in [2.24, 2.45) is 0 Å². The molecule has 0 radical (unpaired) electrons. The second-order valence-corrected chi connectivity index (χ2v) is 4.73. The van der Waals surface area contributed by atoms with Crippen LogP contribution in [0.15, 0.2) is 48.5 Å². The number of carbonyl (C=O) groups excluding carboxylic acids is 1. The molecule has 2 aromatic rings. The summed E-state index contributed by atoms with van der Waals surface area (Å²) in [4.78, 5) is 22.7. The van der Waals surface area contributed by atoms with Crippen LogP contribution in [-0.2, 0) is 12.7 Å². The summed E-state index contributed by atoms with van der Waals surface area (Å²) in [6, 6.07) is 10.2. The van der Waals surface area contributed by atoms with E-state index in [9.17, 15) is 22.8 Å². The van der Waals surface area contributed by atoms with Gasteiger partial charge in [0.25, 0.3) is 5.91 Å². The number of alkyl halides is 3. The van der Waals surface area contributed by atoms with Gasteiger partial charge in [0.1, 0.15) is 0 Å². The summed E-state index contributed by atoms with van der Waals surface area (Å²) in [7, 11) is 0. The van der Waals surface area contributed by atoms with E-state index in [0.717, 1.165) is 12.1 Å². The van der Waals surface area contributed by atoms with Crippen molar-refractivity contribution >= 4 is 11.9 Å². The summed E-state index contributed by atoms with van der Waals surface area (Å²) in [5.41, 5.74) is -0.795. The van der Waals surface area contributed by atoms with Crippen molar-refractivity contribution in [3.05, 3.63) is 70.8 Å². The lowest BCUT2D eigenvalue weighted by Crippen LogP contribution is -2.25. The lowest BCUT2D eigenvalue weighted by molar-refractivity contribution is -0.137. The van der Waals surface area contributed by atoms with Gasteiger partial charge in [-0.15, -0.1) is 0 Å². The van der Waals surface area contributed by atoms with Crippen LogP contribution in [0.4, 0.5) is 13.2 Å². The van der Waals surface area contributed by atoms with Crippen molar-refractivity contribution < 1.29 is 27.9 Å². The SMILES string of the molecule is O=C(O)c1ccc(CNC(=O)c2ccccc2C(F)(F)F)cc1. The quantitative estimate of drug-likeness (QED) is 0.907. The van der Waals surface area contributed by atoms with E-state index in [1.54, 1.807) is 0 Å². The van der Waals surface area contributed by atoms with Gasteiger partial charge in [0.05, 0.1) is 16.7 Å².